The van der Waals surface area contributed by atoms with Gasteiger partial charge in [-0.15, -0.1) is 4.91 Å². The lowest BCUT2D eigenvalue weighted by atomic mass is 9.92. The first kappa shape index (κ1) is 30.9. The number of hydrogen-bond acceptors (Lipinski definition) is 6. The molecule has 1 aliphatic heterocycles. The molecule has 1 saturated carbocycles. The number of halogens is 4. The maximum Gasteiger partial charge on any atom is 0.418 e. The van der Waals surface area contributed by atoms with Crippen molar-refractivity contribution >= 4 is 28.1 Å². The van der Waals surface area contributed by atoms with Gasteiger partial charge in [0.25, 0.3) is 0 Å². The summed E-state index contributed by atoms with van der Waals surface area (Å²) in [7, 11) is 0. The average Bonchev–Trinajstić information content (AvgIpc) is 2.98. The Morgan fingerprint density at radius 2 is 1.63 bits per heavy atom. The zero-order chi connectivity index (χ0) is 30.7. The number of amides is 1. The Morgan fingerprint density at radius 3 is 2.30 bits per heavy atom. The third-order valence-corrected chi connectivity index (χ3v) is 8.57. The standard InChI is InChI=1S/C32H36F4N4O3/c1-20-16-39(17-21(2)40(20)18-22-3-4-24-14-25(33)6-5-23(24)13-22)31(41)19-43-28-10-7-26(8-11-28)37-27-9-12-30(38-42)29(15-27)32(34,35)36/h3-6,9,12-15,20-21,26,28,37H,7-8,10-11,16-19H2,1-2H3/t20-,21+,26?,28?. The predicted octanol–water partition coefficient (Wildman–Crippen LogP) is 7.26. The number of anilines is 1. The molecule has 0 unspecified atom stereocenters. The topological polar surface area (TPSA) is 74.2 Å². The summed E-state index contributed by atoms with van der Waals surface area (Å²) in [5.74, 6) is -0.296. The highest BCUT2D eigenvalue weighted by Gasteiger charge is 2.35. The van der Waals surface area contributed by atoms with E-state index in [2.05, 4.69) is 35.3 Å². The normalized spacial score (nSPS) is 23.3. The highest BCUT2D eigenvalue weighted by molar-refractivity contribution is 5.83. The largest absolute Gasteiger partial charge is 0.418 e. The lowest BCUT2D eigenvalue weighted by Gasteiger charge is -2.44. The number of ether oxygens (including phenoxy) is 1. The second-order valence-corrected chi connectivity index (χ2v) is 11.7. The van der Waals surface area contributed by atoms with Crippen LogP contribution in [0.2, 0.25) is 0 Å². The fourth-order valence-electron chi connectivity index (χ4n) is 6.27. The molecule has 0 radical (unpaired) electrons. The molecule has 0 bridgehead atoms. The number of carbonyl (C=O) groups is 1. The van der Waals surface area contributed by atoms with Gasteiger partial charge in [-0.05, 0) is 97.4 Å². The second kappa shape index (κ2) is 13.0. The van der Waals surface area contributed by atoms with Gasteiger partial charge in [-0.3, -0.25) is 9.69 Å². The van der Waals surface area contributed by atoms with Gasteiger partial charge in [0.05, 0.1) is 11.7 Å². The molecule has 1 aliphatic carbocycles. The number of benzene rings is 3. The van der Waals surface area contributed by atoms with Crippen LogP contribution >= 0.6 is 0 Å². The first-order valence-electron chi connectivity index (χ1n) is 14.6. The summed E-state index contributed by atoms with van der Waals surface area (Å²) < 4.78 is 59.3. The summed E-state index contributed by atoms with van der Waals surface area (Å²) >= 11 is 0. The number of fused-ring (bicyclic) bond motifs is 1. The summed E-state index contributed by atoms with van der Waals surface area (Å²) in [6.45, 7) is 6.16. The van der Waals surface area contributed by atoms with E-state index in [1.54, 1.807) is 6.07 Å². The van der Waals surface area contributed by atoms with Crippen LogP contribution in [0.25, 0.3) is 10.8 Å². The molecule has 43 heavy (non-hydrogen) atoms. The average molecular weight is 601 g/mol. The first-order valence-corrected chi connectivity index (χ1v) is 14.6. The fraction of sp³-hybridized carbons (Fsp3) is 0.469. The van der Waals surface area contributed by atoms with Crippen LogP contribution in [0.3, 0.4) is 0 Å². The van der Waals surface area contributed by atoms with Crippen LogP contribution in [0, 0.1) is 10.7 Å². The summed E-state index contributed by atoms with van der Waals surface area (Å²) in [4.78, 5) is 28.1. The Bertz CT molecular complexity index is 1450. The molecule has 1 amide bonds. The highest BCUT2D eigenvalue weighted by Crippen LogP contribution is 2.38. The molecule has 2 atom stereocenters. The summed E-state index contributed by atoms with van der Waals surface area (Å²) in [6, 6.07) is 14.5. The molecule has 0 spiro atoms. The van der Waals surface area contributed by atoms with Gasteiger partial charge in [-0.1, -0.05) is 18.2 Å². The van der Waals surface area contributed by atoms with Crippen LogP contribution in [-0.2, 0) is 22.3 Å². The molecule has 2 fully saturated rings. The third kappa shape index (κ3) is 7.51. The van der Waals surface area contributed by atoms with E-state index in [9.17, 15) is 27.3 Å². The quantitative estimate of drug-likeness (QED) is 0.218. The minimum atomic E-state index is -4.67. The van der Waals surface area contributed by atoms with E-state index in [4.69, 9.17) is 4.74 Å². The number of nitrogens with one attached hydrogen (secondary N) is 1. The Hall–Kier alpha value is -3.57. The number of carbonyl (C=O) groups excluding carboxylic acids is 1. The Kier molecular flexibility index (Phi) is 9.31. The lowest BCUT2D eigenvalue weighted by molar-refractivity contribution is -0.143. The second-order valence-electron chi connectivity index (χ2n) is 11.7. The first-order chi connectivity index (χ1) is 20.5. The zero-order valence-corrected chi connectivity index (χ0v) is 24.2. The molecule has 1 saturated heterocycles. The van der Waals surface area contributed by atoms with Gasteiger partial charge < -0.3 is 15.0 Å². The van der Waals surface area contributed by atoms with E-state index in [1.807, 2.05) is 17.0 Å². The summed E-state index contributed by atoms with van der Waals surface area (Å²) in [6.07, 6.45) is -2.02. The molecule has 1 heterocycles. The van der Waals surface area contributed by atoms with Crippen molar-refractivity contribution in [2.45, 2.75) is 76.5 Å². The molecule has 0 aromatic heterocycles. The molecule has 7 nitrogen and oxygen atoms in total. The van der Waals surface area contributed by atoms with Crippen molar-refractivity contribution in [3.05, 3.63) is 76.4 Å². The van der Waals surface area contributed by atoms with Gasteiger partial charge >= 0.3 is 6.18 Å². The summed E-state index contributed by atoms with van der Waals surface area (Å²) in [5.41, 5.74) is -0.257. The van der Waals surface area contributed by atoms with Gasteiger partial charge in [-0.2, -0.15) is 13.2 Å². The van der Waals surface area contributed by atoms with Crippen molar-refractivity contribution in [1.29, 1.82) is 0 Å². The predicted molar refractivity (Wildman–Crippen MR) is 157 cm³/mol. The Labute approximate surface area is 248 Å². The van der Waals surface area contributed by atoms with E-state index in [1.165, 1.54) is 18.2 Å². The molecule has 230 valence electrons. The molecule has 3 aromatic rings. The highest BCUT2D eigenvalue weighted by atomic mass is 19.4. The molecular formula is C32H36F4N4O3. The molecule has 2 aliphatic rings. The maximum atomic E-state index is 13.5. The van der Waals surface area contributed by atoms with E-state index >= 15 is 0 Å². The maximum absolute atomic E-state index is 13.5. The van der Waals surface area contributed by atoms with Crippen molar-refractivity contribution < 1.29 is 27.1 Å². The molecule has 1 N–H and O–H groups in total. The number of alkyl halides is 3. The minimum absolute atomic E-state index is 0.00145. The SMILES string of the molecule is C[C@@H]1CN(C(=O)COC2CCC(Nc3ccc(N=O)c(C(F)(F)F)c3)CC2)C[C@H](C)N1Cc1ccc2cc(F)ccc2c1. The lowest BCUT2D eigenvalue weighted by Crippen LogP contribution is -2.58. The molecule has 5 rings (SSSR count). The molecule has 3 aromatic carbocycles. The monoisotopic (exact) mass is 600 g/mol. The smallest absolute Gasteiger partial charge is 0.382 e. The Balaban J connectivity index is 1.07. The van der Waals surface area contributed by atoms with Crippen LogP contribution in [0.1, 0.15) is 50.7 Å². The molecular weight excluding hydrogens is 564 g/mol. The van der Waals surface area contributed by atoms with Crippen LogP contribution in [0.15, 0.2) is 59.8 Å². The van der Waals surface area contributed by atoms with Crippen molar-refractivity contribution in [2.75, 3.05) is 25.0 Å². The third-order valence-electron chi connectivity index (χ3n) is 8.57. The van der Waals surface area contributed by atoms with Crippen molar-refractivity contribution in [1.82, 2.24) is 9.80 Å². The number of piperazine rings is 1. The van der Waals surface area contributed by atoms with Gasteiger partial charge in [-0.25, -0.2) is 4.39 Å². The van der Waals surface area contributed by atoms with Gasteiger partial charge in [0.1, 0.15) is 18.1 Å². The van der Waals surface area contributed by atoms with Crippen LogP contribution < -0.4 is 5.32 Å². The number of nitroso groups, excluding NO2 is 1. The fourth-order valence-corrected chi connectivity index (χ4v) is 6.27. The van der Waals surface area contributed by atoms with Gasteiger partial charge in [0.2, 0.25) is 5.91 Å². The van der Waals surface area contributed by atoms with Crippen molar-refractivity contribution in [3.63, 3.8) is 0 Å². The zero-order valence-electron chi connectivity index (χ0n) is 24.2. The van der Waals surface area contributed by atoms with E-state index in [0.29, 0.717) is 38.8 Å². The van der Waals surface area contributed by atoms with Gasteiger partial charge in [0.15, 0.2) is 0 Å². The minimum Gasteiger partial charge on any atom is -0.382 e. The van der Waals surface area contributed by atoms with Crippen LogP contribution in [0.5, 0.6) is 0 Å². The van der Waals surface area contributed by atoms with Crippen molar-refractivity contribution in [2.24, 2.45) is 5.18 Å². The van der Waals surface area contributed by atoms with E-state index in [-0.39, 0.29) is 48.2 Å². The Morgan fingerprint density at radius 1 is 0.953 bits per heavy atom. The number of rotatable bonds is 8. The molecule has 11 heteroatoms. The van der Waals surface area contributed by atoms with Crippen molar-refractivity contribution in [3.8, 4) is 0 Å². The number of nitrogens with zero attached hydrogens (tertiary/aromatic N) is 3. The van der Waals surface area contributed by atoms with E-state index < -0.39 is 17.4 Å². The van der Waals surface area contributed by atoms with E-state index in [0.717, 1.165) is 35.0 Å². The van der Waals surface area contributed by atoms with Crippen LogP contribution in [0.4, 0.5) is 28.9 Å². The number of hydrogen-bond donors (Lipinski definition) is 1. The van der Waals surface area contributed by atoms with Crippen LogP contribution in [-0.4, -0.2) is 59.6 Å². The summed E-state index contributed by atoms with van der Waals surface area (Å²) in [5, 5.41) is 7.48. The van der Waals surface area contributed by atoms with Gasteiger partial charge in [0, 0.05) is 43.4 Å².